The van der Waals surface area contributed by atoms with E-state index in [4.69, 9.17) is 14.6 Å². The summed E-state index contributed by atoms with van der Waals surface area (Å²) in [7, 11) is 0. The standard InChI is InChI=1S/C24H25BrN4O7/c1-4-6-7-21-27-18-9-8-16(25)12-17(18)23(30)28(21)26-13-15-10-19(29(33)34)22(20(11-15)35-5-2)36-14(3)24(31)32/h8-14H,4-7H2,1-3H3,(H,31,32)/t14-/m1/s1. The van der Waals surface area contributed by atoms with Crippen molar-refractivity contribution >= 4 is 44.7 Å². The fraction of sp³-hybridized carbons (Fsp3) is 0.333. The van der Waals surface area contributed by atoms with Crippen LogP contribution in [0.5, 0.6) is 11.5 Å². The molecule has 3 rings (SSSR count). The SMILES string of the molecule is CCCCc1nc2ccc(Br)cc2c(=O)n1N=Cc1cc(OCC)c(O[C@H](C)C(=O)O)c([N+](=O)[O-])c1. The van der Waals surface area contributed by atoms with Gasteiger partial charge < -0.3 is 14.6 Å². The second-order valence-electron chi connectivity index (χ2n) is 7.81. The highest BCUT2D eigenvalue weighted by Gasteiger charge is 2.26. The van der Waals surface area contributed by atoms with Gasteiger partial charge in [-0.25, -0.2) is 9.78 Å². The molecule has 0 aliphatic heterocycles. The largest absolute Gasteiger partial charge is 0.490 e. The fourth-order valence-corrected chi connectivity index (χ4v) is 3.72. The number of fused-ring (bicyclic) bond motifs is 1. The van der Waals surface area contributed by atoms with Crippen LogP contribution in [0, 0.1) is 10.1 Å². The molecule has 0 aliphatic carbocycles. The van der Waals surface area contributed by atoms with E-state index in [1.54, 1.807) is 25.1 Å². The van der Waals surface area contributed by atoms with Crippen LogP contribution in [0.4, 0.5) is 5.69 Å². The van der Waals surface area contributed by atoms with E-state index < -0.39 is 22.7 Å². The number of carboxylic acid groups (broad SMARTS) is 1. The van der Waals surface area contributed by atoms with Gasteiger partial charge in [0.2, 0.25) is 5.75 Å². The van der Waals surface area contributed by atoms with Crippen molar-refractivity contribution in [2.45, 2.75) is 46.1 Å². The molecule has 0 fully saturated rings. The van der Waals surface area contributed by atoms with Crippen LogP contribution in [0.25, 0.3) is 10.9 Å². The molecule has 1 atom stereocenters. The molecule has 0 unspecified atom stereocenters. The molecule has 1 heterocycles. The van der Waals surface area contributed by atoms with Crippen molar-refractivity contribution in [1.29, 1.82) is 0 Å². The second-order valence-corrected chi connectivity index (χ2v) is 8.73. The van der Waals surface area contributed by atoms with E-state index in [2.05, 4.69) is 26.0 Å². The molecule has 3 aromatic rings. The first-order valence-electron chi connectivity index (χ1n) is 11.3. The fourth-order valence-electron chi connectivity index (χ4n) is 3.36. The molecule has 2 aromatic carbocycles. The summed E-state index contributed by atoms with van der Waals surface area (Å²) in [6.07, 6.45) is 2.14. The normalized spacial score (nSPS) is 12.1. The van der Waals surface area contributed by atoms with E-state index in [0.29, 0.717) is 27.6 Å². The number of hydrogen-bond donors (Lipinski definition) is 1. The van der Waals surface area contributed by atoms with Gasteiger partial charge in [-0.15, -0.1) is 0 Å². The maximum atomic E-state index is 13.2. The molecular formula is C24H25BrN4O7. The highest BCUT2D eigenvalue weighted by Crippen LogP contribution is 2.39. The van der Waals surface area contributed by atoms with Crippen molar-refractivity contribution in [1.82, 2.24) is 9.66 Å². The van der Waals surface area contributed by atoms with E-state index in [9.17, 15) is 19.7 Å². The van der Waals surface area contributed by atoms with Gasteiger partial charge in [-0.3, -0.25) is 14.9 Å². The molecule has 0 saturated carbocycles. The number of rotatable bonds is 11. The first-order chi connectivity index (χ1) is 17.2. The molecule has 190 valence electrons. The van der Waals surface area contributed by atoms with Gasteiger partial charge in [-0.05, 0) is 44.5 Å². The minimum atomic E-state index is -1.34. The number of aliphatic carboxylic acids is 1. The average molecular weight is 561 g/mol. The molecule has 0 spiro atoms. The number of hydrogen-bond acceptors (Lipinski definition) is 8. The van der Waals surface area contributed by atoms with Crippen LogP contribution in [-0.2, 0) is 11.2 Å². The topological polar surface area (TPSA) is 146 Å². The maximum absolute atomic E-state index is 13.2. The molecule has 0 aliphatic rings. The number of unbranched alkanes of at least 4 members (excludes halogenated alkanes) is 1. The molecule has 0 amide bonds. The van der Waals surface area contributed by atoms with E-state index in [0.717, 1.165) is 12.8 Å². The smallest absolute Gasteiger partial charge is 0.344 e. The molecule has 0 radical (unpaired) electrons. The Morgan fingerprint density at radius 1 is 1.33 bits per heavy atom. The summed E-state index contributed by atoms with van der Waals surface area (Å²) in [5.41, 5.74) is -0.0692. The zero-order valence-corrected chi connectivity index (χ0v) is 21.5. The zero-order chi connectivity index (χ0) is 26.4. The van der Waals surface area contributed by atoms with Gasteiger partial charge in [0.1, 0.15) is 5.82 Å². The highest BCUT2D eigenvalue weighted by molar-refractivity contribution is 9.10. The zero-order valence-electron chi connectivity index (χ0n) is 19.9. The quantitative estimate of drug-likeness (QED) is 0.204. The summed E-state index contributed by atoms with van der Waals surface area (Å²) in [6, 6.07) is 7.83. The Hall–Kier alpha value is -3.80. The Morgan fingerprint density at radius 2 is 2.08 bits per heavy atom. The summed E-state index contributed by atoms with van der Waals surface area (Å²) in [5.74, 6) is -1.14. The van der Waals surface area contributed by atoms with Crippen molar-refractivity contribution < 1.29 is 24.3 Å². The van der Waals surface area contributed by atoms with Crippen molar-refractivity contribution in [2.75, 3.05) is 6.61 Å². The van der Waals surface area contributed by atoms with Gasteiger partial charge >= 0.3 is 11.7 Å². The first kappa shape index (κ1) is 26.8. The molecular weight excluding hydrogens is 536 g/mol. The highest BCUT2D eigenvalue weighted by atomic mass is 79.9. The predicted octanol–water partition coefficient (Wildman–Crippen LogP) is 4.54. The summed E-state index contributed by atoms with van der Waals surface area (Å²) in [6.45, 7) is 5.11. The van der Waals surface area contributed by atoms with Gasteiger partial charge in [0.15, 0.2) is 11.9 Å². The number of benzene rings is 2. The Kier molecular flexibility index (Phi) is 8.75. The van der Waals surface area contributed by atoms with Gasteiger partial charge in [0.05, 0.1) is 28.6 Å². The molecule has 12 heteroatoms. The Balaban J connectivity index is 2.15. The van der Waals surface area contributed by atoms with Crippen molar-refractivity contribution in [3.05, 3.63) is 66.7 Å². The summed E-state index contributed by atoms with van der Waals surface area (Å²) >= 11 is 3.36. The Bertz CT molecular complexity index is 1390. The van der Waals surface area contributed by atoms with Crippen molar-refractivity contribution in [3.63, 3.8) is 0 Å². The summed E-state index contributed by atoms with van der Waals surface area (Å²) in [5, 5.41) is 25.6. The number of aromatic nitrogens is 2. The van der Waals surface area contributed by atoms with Crippen LogP contribution in [0.1, 0.15) is 45.0 Å². The van der Waals surface area contributed by atoms with Gasteiger partial charge in [0.25, 0.3) is 5.56 Å². The van der Waals surface area contributed by atoms with Gasteiger partial charge in [0, 0.05) is 22.5 Å². The second kappa shape index (κ2) is 11.8. The number of nitro groups is 1. The third-order valence-electron chi connectivity index (χ3n) is 5.15. The van der Waals surface area contributed by atoms with Crippen LogP contribution < -0.4 is 15.0 Å². The lowest BCUT2D eigenvalue weighted by molar-refractivity contribution is -0.386. The third kappa shape index (κ3) is 6.06. The number of halogens is 1. The molecule has 11 nitrogen and oxygen atoms in total. The van der Waals surface area contributed by atoms with Crippen molar-refractivity contribution in [2.24, 2.45) is 5.10 Å². The third-order valence-corrected chi connectivity index (χ3v) is 5.64. The number of nitrogens with zero attached hydrogens (tertiary/aromatic N) is 4. The van der Waals surface area contributed by atoms with Gasteiger partial charge in [-0.1, -0.05) is 29.3 Å². The lowest BCUT2D eigenvalue weighted by atomic mass is 10.1. The van der Waals surface area contributed by atoms with Gasteiger partial charge in [-0.2, -0.15) is 9.78 Å². The number of aryl methyl sites for hydroxylation is 1. The maximum Gasteiger partial charge on any atom is 0.344 e. The van der Waals surface area contributed by atoms with E-state index >= 15 is 0 Å². The Labute approximate surface area is 214 Å². The number of nitro benzene ring substituents is 1. The molecule has 1 aromatic heterocycles. The predicted molar refractivity (Wildman–Crippen MR) is 137 cm³/mol. The number of carbonyl (C=O) groups is 1. The van der Waals surface area contributed by atoms with E-state index in [-0.39, 0.29) is 29.2 Å². The van der Waals surface area contributed by atoms with Crippen LogP contribution in [0.3, 0.4) is 0 Å². The number of carboxylic acids is 1. The monoisotopic (exact) mass is 560 g/mol. The molecule has 0 saturated heterocycles. The molecule has 1 N–H and O–H groups in total. The number of ether oxygens (including phenoxy) is 2. The average Bonchev–Trinajstić information content (AvgIpc) is 2.83. The molecule has 0 bridgehead atoms. The van der Waals surface area contributed by atoms with Crippen LogP contribution >= 0.6 is 15.9 Å². The summed E-state index contributed by atoms with van der Waals surface area (Å²) in [4.78, 5) is 40.2. The summed E-state index contributed by atoms with van der Waals surface area (Å²) < 4.78 is 12.7. The van der Waals surface area contributed by atoms with Crippen LogP contribution in [0.2, 0.25) is 0 Å². The van der Waals surface area contributed by atoms with Crippen LogP contribution in [-0.4, -0.2) is 44.6 Å². The van der Waals surface area contributed by atoms with Crippen molar-refractivity contribution in [3.8, 4) is 11.5 Å². The van der Waals surface area contributed by atoms with E-state index in [1.807, 2.05) is 6.92 Å². The minimum absolute atomic E-state index is 0.0135. The molecule has 36 heavy (non-hydrogen) atoms. The minimum Gasteiger partial charge on any atom is -0.490 e. The lowest BCUT2D eigenvalue weighted by Crippen LogP contribution is -2.24. The first-order valence-corrected chi connectivity index (χ1v) is 12.1. The van der Waals surface area contributed by atoms with Crippen LogP contribution in [0.15, 0.2) is 44.7 Å². The van der Waals surface area contributed by atoms with E-state index in [1.165, 1.54) is 29.9 Å². The lowest BCUT2D eigenvalue weighted by Gasteiger charge is -2.15. The Morgan fingerprint density at radius 3 is 2.72 bits per heavy atom.